The van der Waals surface area contributed by atoms with E-state index in [4.69, 9.17) is 4.74 Å². The zero-order valence-electron chi connectivity index (χ0n) is 18.1. The summed E-state index contributed by atoms with van der Waals surface area (Å²) in [5.74, 6) is -0.783. The number of ether oxygens (including phenoxy) is 1. The van der Waals surface area contributed by atoms with E-state index < -0.39 is 31.5 Å². The van der Waals surface area contributed by atoms with E-state index in [-0.39, 0.29) is 41.7 Å². The lowest BCUT2D eigenvalue weighted by Gasteiger charge is -2.37. The summed E-state index contributed by atoms with van der Waals surface area (Å²) in [4.78, 5) is 14.0. The second-order valence-corrected chi connectivity index (χ2v) is 11.3. The fourth-order valence-electron chi connectivity index (χ4n) is 3.52. The fourth-order valence-corrected chi connectivity index (χ4v) is 6.34. The molecule has 1 N–H and O–H groups in total. The highest BCUT2D eigenvalue weighted by atomic mass is 32.2. The molecule has 1 aromatic rings. The number of rotatable bonds is 10. The van der Waals surface area contributed by atoms with Crippen LogP contribution in [0, 0.1) is 0 Å². The lowest BCUT2D eigenvalue weighted by Crippen LogP contribution is -2.51. The summed E-state index contributed by atoms with van der Waals surface area (Å²) in [6.07, 6.45) is -0.131. The van der Waals surface area contributed by atoms with Gasteiger partial charge in [-0.15, -0.1) is 0 Å². The van der Waals surface area contributed by atoms with E-state index in [0.29, 0.717) is 4.31 Å². The molecule has 0 radical (unpaired) electrons. The van der Waals surface area contributed by atoms with E-state index >= 15 is 0 Å². The molecular weight excluding hydrogens is 430 g/mol. The molecule has 9 nitrogen and oxygen atoms in total. The van der Waals surface area contributed by atoms with Gasteiger partial charge in [-0.2, -0.15) is 0 Å². The van der Waals surface area contributed by atoms with Crippen LogP contribution in [0.2, 0.25) is 0 Å². The third-order valence-electron chi connectivity index (χ3n) is 5.14. The van der Waals surface area contributed by atoms with Gasteiger partial charge in [-0.05, 0) is 52.1 Å². The van der Waals surface area contributed by atoms with Gasteiger partial charge in [-0.3, -0.25) is 9.69 Å². The topological polar surface area (TPSA) is 113 Å². The number of carbonyl (C=O) groups excluding carboxylic acids is 1. The molecule has 0 bridgehead atoms. The predicted molar refractivity (Wildman–Crippen MR) is 116 cm³/mol. The molecule has 170 valence electrons. The largest absolute Gasteiger partial charge is 0.492 e. The Labute approximate surface area is 179 Å². The highest BCUT2D eigenvalue weighted by Crippen LogP contribution is 2.33. The monoisotopic (exact) mass is 461 g/mol. The van der Waals surface area contributed by atoms with Crippen molar-refractivity contribution in [1.29, 1.82) is 0 Å². The van der Waals surface area contributed by atoms with Gasteiger partial charge in [0.15, 0.2) is 0 Å². The molecule has 1 amide bonds. The Morgan fingerprint density at radius 3 is 2.33 bits per heavy atom. The van der Waals surface area contributed by atoms with Gasteiger partial charge < -0.3 is 4.74 Å². The second kappa shape index (κ2) is 9.21. The summed E-state index contributed by atoms with van der Waals surface area (Å²) < 4.78 is 59.5. The molecule has 1 aliphatic heterocycles. The molecule has 0 unspecified atom stereocenters. The van der Waals surface area contributed by atoms with E-state index in [9.17, 15) is 21.6 Å². The molecule has 1 saturated heterocycles. The van der Waals surface area contributed by atoms with Crippen molar-refractivity contribution in [3.8, 4) is 5.75 Å². The first-order valence-electron chi connectivity index (χ1n) is 9.97. The maximum Gasteiger partial charge on any atom is 0.244 e. The van der Waals surface area contributed by atoms with Crippen LogP contribution in [0.25, 0.3) is 0 Å². The number of hydrogen-bond acceptors (Lipinski definition) is 7. The minimum atomic E-state index is -4.04. The second-order valence-electron chi connectivity index (χ2n) is 7.60. The summed E-state index contributed by atoms with van der Waals surface area (Å²) >= 11 is 0. The number of benzene rings is 1. The molecule has 30 heavy (non-hydrogen) atoms. The number of carbonyl (C=O) groups is 1. The summed E-state index contributed by atoms with van der Waals surface area (Å²) in [6.45, 7) is 11.5. The molecule has 0 spiro atoms. The quantitative estimate of drug-likeness (QED) is 0.562. The van der Waals surface area contributed by atoms with E-state index in [2.05, 4.69) is 9.62 Å². The van der Waals surface area contributed by atoms with Crippen molar-refractivity contribution in [1.82, 2.24) is 9.62 Å². The first-order chi connectivity index (χ1) is 13.9. The Balaban J connectivity index is 2.43. The van der Waals surface area contributed by atoms with Crippen molar-refractivity contribution in [2.75, 3.05) is 36.3 Å². The number of nitrogens with zero attached hydrogens (tertiary/aromatic N) is 2. The maximum atomic E-state index is 13.1. The molecule has 0 atom stereocenters. The Hall–Kier alpha value is -1.69. The average molecular weight is 462 g/mol. The van der Waals surface area contributed by atoms with Gasteiger partial charge in [0.05, 0.1) is 18.0 Å². The Morgan fingerprint density at radius 1 is 1.20 bits per heavy atom. The molecule has 1 aromatic carbocycles. The van der Waals surface area contributed by atoms with E-state index in [1.807, 2.05) is 27.7 Å². The lowest BCUT2D eigenvalue weighted by atomic mass is 10.0. The van der Waals surface area contributed by atoms with Crippen molar-refractivity contribution >= 4 is 31.6 Å². The fraction of sp³-hybridized carbons (Fsp3) is 0.632. The van der Waals surface area contributed by atoms with Gasteiger partial charge in [0.1, 0.15) is 10.6 Å². The molecule has 1 heterocycles. The van der Waals surface area contributed by atoms with Crippen LogP contribution in [0.5, 0.6) is 5.75 Å². The van der Waals surface area contributed by atoms with Crippen LogP contribution in [0.1, 0.15) is 41.0 Å². The minimum absolute atomic E-state index is 0.00988. The Morgan fingerprint density at radius 2 is 1.83 bits per heavy atom. The van der Waals surface area contributed by atoms with Crippen LogP contribution >= 0.6 is 0 Å². The molecule has 2 rings (SSSR count). The summed E-state index contributed by atoms with van der Waals surface area (Å²) in [5, 5.41) is 0. The van der Waals surface area contributed by atoms with Crippen LogP contribution in [0.15, 0.2) is 23.1 Å². The van der Waals surface area contributed by atoms with Crippen LogP contribution in [-0.4, -0.2) is 65.2 Å². The van der Waals surface area contributed by atoms with Gasteiger partial charge in [0.2, 0.25) is 26.0 Å². The molecule has 0 saturated carbocycles. The van der Waals surface area contributed by atoms with E-state index in [0.717, 1.165) is 13.1 Å². The minimum Gasteiger partial charge on any atom is -0.492 e. The van der Waals surface area contributed by atoms with Gasteiger partial charge in [0, 0.05) is 18.5 Å². The highest BCUT2D eigenvalue weighted by molar-refractivity contribution is 7.94. The van der Waals surface area contributed by atoms with E-state index in [1.54, 1.807) is 6.92 Å². The maximum absolute atomic E-state index is 13.1. The van der Waals surface area contributed by atoms with Crippen molar-refractivity contribution in [2.45, 2.75) is 51.5 Å². The Bertz CT molecular complexity index is 986. The van der Waals surface area contributed by atoms with Gasteiger partial charge in [-0.1, -0.05) is 13.8 Å². The summed E-state index contributed by atoms with van der Waals surface area (Å²) in [6, 6.07) is 3.94. The number of hydrogen-bond donors (Lipinski definition) is 1. The number of anilines is 1. The van der Waals surface area contributed by atoms with Crippen LogP contribution in [0.4, 0.5) is 5.69 Å². The first-order valence-corrected chi connectivity index (χ1v) is 13.1. The molecule has 11 heteroatoms. The van der Waals surface area contributed by atoms with Gasteiger partial charge in [-0.25, -0.2) is 25.9 Å². The lowest BCUT2D eigenvalue weighted by molar-refractivity contribution is -0.116. The van der Waals surface area contributed by atoms with Crippen molar-refractivity contribution < 1.29 is 26.4 Å². The van der Waals surface area contributed by atoms with Gasteiger partial charge >= 0.3 is 0 Å². The average Bonchev–Trinajstić information content (AvgIpc) is 2.94. The summed E-state index contributed by atoms with van der Waals surface area (Å²) in [5.41, 5.74) is -0.446. The van der Waals surface area contributed by atoms with Crippen LogP contribution < -0.4 is 13.8 Å². The summed E-state index contributed by atoms with van der Waals surface area (Å²) in [7, 11) is -7.85. The van der Waals surface area contributed by atoms with Crippen molar-refractivity contribution in [3.05, 3.63) is 18.2 Å². The number of nitrogens with one attached hydrogen (secondary N) is 1. The zero-order valence-corrected chi connectivity index (χ0v) is 19.8. The third-order valence-corrected chi connectivity index (χ3v) is 8.26. The highest BCUT2D eigenvalue weighted by Gasteiger charge is 2.37. The number of likely N-dealkylation sites (N-methyl/N-ethyl adjacent to an activating group) is 1. The number of amides is 1. The SMILES string of the molecule is CCOc1ccc(N2C(=O)CCS2(=O)=O)cc1S(=O)(=O)NCC(C)(C)N(CC)CC. The van der Waals surface area contributed by atoms with E-state index in [1.165, 1.54) is 18.2 Å². The number of sulfonamides is 2. The zero-order chi connectivity index (χ0) is 22.7. The molecule has 1 aliphatic rings. The van der Waals surface area contributed by atoms with Crippen molar-refractivity contribution in [3.63, 3.8) is 0 Å². The molecule has 0 aromatic heterocycles. The van der Waals surface area contributed by atoms with Gasteiger partial charge in [0.25, 0.3) is 0 Å². The standard InChI is InChI=1S/C19H31N3O6S2/c1-6-21(7-2)19(4,5)14-20-30(26,27)17-13-15(9-10-16(17)28-8-3)22-18(23)11-12-29(22,24)25/h9-10,13,20H,6-8,11-12,14H2,1-5H3. The normalized spacial score (nSPS) is 17.0. The van der Waals surface area contributed by atoms with Crippen LogP contribution in [-0.2, 0) is 24.8 Å². The predicted octanol–water partition coefficient (Wildman–Crippen LogP) is 1.55. The smallest absolute Gasteiger partial charge is 0.244 e. The molecule has 0 aliphatic carbocycles. The first kappa shape index (κ1) is 24.6. The van der Waals surface area contributed by atoms with Crippen molar-refractivity contribution in [2.24, 2.45) is 0 Å². The Kier molecular flexibility index (Phi) is 7.54. The van der Waals surface area contributed by atoms with Crippen LogP contribution in [0.3, 0.4) is 0 Å². The molecule has 1 fully saturated rings. The molecular formula is C19H31N3O6S2. The third kappa shape index (κ3) is 5.13.